The quantitative estimate of drug-likeness (QED) is 0.645. The van der Waals surface area contributed by atoms with Crippen molar-refractivity contribution in [3.8, 4) is 5.75 Å². The standard InChI is InChI=1S/C15H15BrN2O3/c1-10-3-5-13(15(7-10)21-2)17-9-11-8-12(16)4-6-14(11)18(19)20/h3-8,17H,9H2,1-2H3. The molecule has 0 fully saturated rings. The third-order valence-electron chi connectivity index (χ3n) is 3.06. The van der Waals surface area contributed by atoms with Gasteiger partial charge in [0.2, 0.25) is 0 Å². The number of aryl methyl sites for hydroxylation is 1. The van der Waals surface area contributed by atoms with Gasteiger partial charge in [-0.3, -0.25) is 10.1 Å². The van der Waals surface area contributed by atoms with Gasteiger partial charge in [0.1, 0.15) is 5.75 Å². The summed E-state index contributed by atoms with van der Waals surface area (Å²) >= 11 is 3.33. The molecule has 2 aromatic carbocycles. The number of anilines is 1. The average molecular weight is 351 g/mol. The van der Waals surface area contributed by atoms with Crippen LogP contribution in [0.15, 0.2) is 40.9 Å². The van der Waals surface area contributed by atoms with Crippen molar-refractivity contribution in [2.75, 3.05) is 12.4 Å². The highest BCUT2D eigenvalue weighted by Crippen LogP contribution is 2.28. The summed E-state index contributed by atoms with van der Waals surface area (Å²) in [5.74, 6) is 0.715. The molecule has 21 heavy (non-hydrogen) atoms. The molecule has 2 rings (SSSR count). The molecule has 0 aliphatic carbocycles. The molecule has 5 nitrogen and oxygen atoms in total. The SMILES string of the molecule is COc1cc(C)ccc1NCc1cc(Br)ccc1[N+](=O)[O-]. The van der Waals surface area contributed by atoms with Gasteiger partial charge in [0, 0.05) is 22.6 Å². The first-order chi connectivity index (χ1) is 10.0. The highest BCUT2D eigenvalue weighted by molar-refractivity contribution is 9.10. The van der Waals surface area contributed by atoms with Gasteiger partial charge in [0.25, 0.3) is 5.69 Å². The molecular weight excluding hydrogens is 336 g/mol. The number of nitrogens with zero attached hydrogens (tertiary/aromatic N) is 1. The van der Waals surface area contributed by atoms with Crippen LogP contribution in [0.4, 0.5) is 11.4 Å². The molecule has 0 heterocycles. The second kappa shape index (κ2) is 6.58. The number of nitro benzene ring substituents is 1. The summed E-state index contributed by atoms with van der Waals surface area (Å²) in [5.41, 5.74) is 2.59. The largest absolute Gasteiger partial charge is 0.495 e. The van der Waals surface area contributed by atoms with Crippen LogP contribution in [0.25, 0.3) is 0 Å². The molecule has 0 saturated carbocycles. The first-order valence-corrected chi connectivity index (χ1v) is 7.12. The normalized spacial score (nSPS) is 10.2. The molecule has 0 aliphatic heterocycles. The molecule has 6 heteroatoms. The minimum absolute atomic E-state index is 0.0942. The van der Waals surface area contributed by atoms with Crippen molar-refractivity contribution < 1.29 is 9.66 Å². The second-order valence-electron chi connectivity index (χ2n) is 4.59. The molecule has 2 aromatic rings. The van der Waals surface area contributed by atoms with Crippen molar-refractivity contribution >= 4 is 27.3 Å². The van der Waals surface area contributed by atoms with Crippen molar-refractivity contribution in [1.29, 1.82) is 0 Å². The zero-order valence-electron chi connectivity index (χ0n) is 11.7. The Bertz CT molecular complexity index is 674. The Morgan fingerprint density at radius 3 is 2.71 bits per heavy atom. The lowest BCUT2D eigenvalue weighted by molar-refractivity contribution is -0.385. The van der Waals surface area contributed by atoms with Gasteiger partial charge in [-0.05, 0) is 36.8 Å². The fraction of sp³-hybridized carbons (Fsp3) is 0.200. The van der Waals surface area contributed by atoms with Crippen molar-refractivity contribution in [2.24, 2.45) is 0 Å². The van der Waals surface area contributed by atoms with Gasteiger partial charge in [0.05, 0.1) is 17.7 Å². The predicted octanol–water partition coefficient (Wildman–Crippen LogP) is 4.29. The number of ether oxygens (including phenoxy) is 1. The van der Waals surface area contributed by atoms with E-state index in [4.69, 9.17) is 4.74 Å². The van der Waals surface area contributed by atoms with Crippen LogP contribution in [0.3, 0.4) is 0 Å². The first kappa shape index (κ1) is 15.3. The van der Waals surface area contributed by atoms with Gasteiger partial charge in [-0.2, -0.15) is 0 Å². The van der Waals surface area contributed by atoms with Crippen molar-refractivity contribution in [1.82, 2.24) is 0 Å². The van der Waals surface area contributed by atoms with Crippen LogP contribution in [0.1, 0.15) is 11.1 Å². The smallest absolute Gasteiger partial charge is 0.274 e. The van der Waals surface area contributed by atoms with E-state index in [2.05, 4.69) is 21.2 Å². The summed E-state index contributed by atoms with van der Waals surface area (Å²) < 4.78 is 6.12. The Labute approximate surface area is 131 Å². The summed E-state index contributed by atoms with van der Waals surface area (Å²) in [6.07, 6.45) is 0. The predicted molar refractivity (Wildman–Crippen MR) is 85.9 cm³/mol. The molecule has 0 unspecified atom stereocenters. The fourth-order valence-electron chi connectivity index (χ4n) is 2.01. The van der Waals surface area contributed by atoms with Crippen LogP contribution in [0.2, 0.25) is 0 Å². The molecule has 0 radical (unpaired) electrons. The van der Waals surface area contributed by atoms with E-state index in [1.165, 1.54) is 6.07 Å². The summed E-state index contributed by atoms with van der Waals surface area (Å²) in [5, 5.41) is 14.2. The second-order valence-corrected chi connectivity index (χ2v) is 5.50. The topological polar surface area (TPSA) is 64.4 Å². The number of halogens is 1. The Balaban J connectivity index is 2.24. The van der Waals surface area contributed by atoms with Crippen molar-refractivity contribution in [3.63, 3.8) is 0 Å². The molecule has 0 aliphatic rings. The average Bonchev–Trinajstić information content (AvgIpc) is 2.45. The summed E-state index contributed by atoms with van der Waals surface area (Å²) in [6.45, 7) is 2.32. The number of nitrogens with one attached hydrogen (secondary N) is 1. The number of hydrogen-bond acceptors (Lipinski definition) is 4. The molecule has 0 spiro atoms. The molecule has 0 saturated heterocycles. The van der Waals surface area contributed by atoms with Gasteiger partial charge in [-0.25, -0.2) is 0 Å². The lowest BCUT2D eigenvalue weighted by Crippen LogP contribution is -2.04. The maximum atomic E-state index is 11.0. The lowest BCUT2D eigenvalue weighted by atomic mass is 10.1. The van der Waals surface area contributed by atoms with Crippen LogP contribution in [0, 0.1) is 17.0 Å². The van der Waals surface area contributed by atoms with Crippen molar-refractivity contribution in [3.05, 3.63) is 62.1 Å². The first-order valence-electron chi connectivity index (χ1n) is 6.32. The van der Waals surface area contributed by atoms with Crippen LogP contribution < -0.4 is 10.1 Å². The fourth-order valence-corrected chi connectivity index (χ4v) is 2.42. The van der Waals surface area contributed by atoms with E-state index in [0.29, 0.717) is 17.9 Å². The molecule has 1 N–H and O–H groups in total. The molecule has 0 atom stereocenters. The molecule has 110 valence electrons. The third-order valence-corrected chi connectivity index (χ3v) is 3.56. The highest BCUT2D eigenvalue weighted by Gasteiger charge is 2.14. The van der Waals surface area contributed by atoms with E-state index >= 15 is 0 Å². The van der Waals surface area contributed by atoms with Gasteiger partial charge in [-0.1, -0.05) is 22.0 Å². The Morgan fingerprint density at radius 1 is 1.29 bits per heavy atom. The maximum Gasteiger partial charge on any atom is 0.274 e. The number of nitro groups is 1. The molecule has 0 amide bonds. The Kier molecular flexibility index (Phi) is 4.80. The van der Waals surface area contributed by atoms with E-state index in [-0.39, 0.29) is 10.6 Å². The van der Waals surface area contributed by atoms with Crippen LogP contribution in [0.5, 0.6) is 5.75 Å². The third kappa shape index (κ3) is 3.72. The summed E-state index contributed by atoms with van der Waals surface area (Å²) in [7, 11) is 1.60. The van der Waals surface area contributed by atoms with E-state index in [1.54, 1.807) is 19.2 Å². The maximum absolute atomic E-state index is 11.0. The Morgan fingerprint density at radius 2 is 2.05 bits per heavy atom. The minimum Gasteiger partial charge on any atom is -0.495 e. The molecular formula is C15H15BrN2O3. The van der Waals surface area contributed by atoms with Gasteiger partial charge >= 0.3 is 0 Å². The number of hydrogen-bond donors (Lipinski definition) is 1. The molecule has 0 aromatic heterocycles. The zero-order chi connectivity index (χ0) is 15.4. The van der Waals surface area contributed by atoms with E-state index in [9.17, 15) is 10.1 Å². The van der Waals surface area contributed by atoms with Gasteiger partial charge in [0.15, 0.2) is 0 Å². The number of rotatable bonds is 5. The van der Waals surface area contributed by atoms with E-state index in [0.717, 1.165) is 15.7 Å². The van der Waals surface area contributed by atoms with Crippen LogP contribution in [-0.2, 0) is 6.54 Å². The van der Waals surface area contributed by atoms with E-state index in [1.807, 2.05) is 25.1 Å². The summed E-state index contributed by atoms with van der Waals surface area (Å²) in [4.78, 5) is 10.7. The monoisotopic (exact) mass is 350 g/mol. The van der Waals surface area contributed by atoms with Crippen molar-refractivity contribution in [2.45, 2.75) is 13.5 Å². The van der Waals surface area contributed by atoms with Gasteiger partial charge < -0.3 is 10.1 Å². The minimum atomic E-state index is -0.379. The van der Waals surface area contributed by atoms with Gasteiger partial charge in [-0.15, -0.1) is 0 Å². The van der Waals surface area contributed by atoms with E-state index < -0.39 is 0 Å². The summed E-state index contributed by atoms with van der Waals surface area (Å²) in [6, 6.07) is 10.7. The number of benzene rings is 2. The zero-order valence-corrected chi connectivity index (χ0v) is 13.3. The Hall–Kier alpha value is -2.08. The lowest BCUT2D eigenvalue weighted by Gasteiger charge is -2.12. The number of methoxy groups -OCH3 is 1. The van der Waals surface area contributed by atoms with Crippen LogP contribution in [-0.4, -0.2) is 12.0 Å². The molecule has 0 bridgehead atoms. The highest BCUT2D eigenvalue weighted by atomic mass is 79.9. The van der Waals surface area contributed by atoms with Crippen LogP contribution >= 0.6 is 15.9 Å².